The minimum atomic E-state index is -1.75. The molecule has 0 bridgehead atoms. The van der Waals surface area contributed by atoms with E-state index in [1.807, 2.05) is 0 Å². The highest BCUT2D eigenvalue weighted by atomic mass is 35.5. The highest BCUT2D eigenvalue weighted by molar-refractivity contribution is 6.32. The maximum Gasteiger partial charge on any atom is 0.339 e. The molecule has 2 N–H and O–H groups in total. The summed E-state index contributed by atoms with van der Waals surface area (Å²) in [6, 6.07) is 2.15. The van der Waals surface area contributed by atoms with Crippen LogP contribution in [0.1, 0.15) is 18.6 Å². The van der Waals surface area contributed by atoms with E-state index in [0.717, 1.165) is 12.1 Å². The van der Waals surface area contributed by atoms with E-state index in [0.29, 0.717) is 0 Å². The fraction of sp³-hybridized carbons (Fsp3) is 0.300. The van der Waals surface area contributed by atoms with E-state index >= 15 is 0 Å². The topological polar surface area (TPSA) is 66.8 Å². The molecule has 1 atom stereocenters. The van der Waals surface area contributed by atoms with Gasteiger partial charge in [0.1, 0.15) is 10.8 Å². The fourth-order valence-electron chi connectivity index (χ4n) is 1.11. The zero-order valence-electron chi connectivity index (χ0n) is 8.41. The average Bonchev–Trinajstić information content (AvgIpc) is 2.26. The molecule has 0 heterocycles. The first-order chi connectivity index (χ1) is 7.49. The van der Waals surface area contributed by atoms with Crippen LogP contribution < -0.4 is 0 Å². The molecule has 0 aliphatic rings. The summed E-state index contributed by atoms with van der Waals surface area (Å²) < 4.78 is 18.0. The van der Waals surface area contributed by atoms with Crippen LogP contribution in [0, 0.1) is 5.82 Å². The number of rotatable bonds is 3. The summed E-state index contributed by atoms with van der Waals surface area (Å²) >= 11 is 5.42. The predicted octanol–water partition coefficient (Wildman–Crippen LogP) is 1.78. The second-order valence-electron chi connectivity index (χ2n) is 2.96. The Labute approximate surface area is 96.2 Å². The van der Waals surface area contributed by atoms with E-state index in [-0.39, 0.29) is 12.2 Å². The molecule has 6 heteroatoms. The lowest BCUT2D eigenvalue weighted by Gasteiger charge is -2.11. The van der Waals surface area contributed by atoms with Gasteiger partial charge in [-0.2, -0.15) is 0 Å². The van der Waals surface area contributed by atoms with Gasteiger partial charge in [0, 0.05) is 5.56 Å². The van der Waals surface area contributed by atoms with E-state index in [9.17, 15) is 14.3 Å². The number of esters is 1. The van der Waals surface area contributed by atoms with E-state index in [4.69, 9.17) is 16.7 Å². The van der Waals surface area contributed by atoms with Crippen molar-refractivity contribution >= 4 is 17.6 Å². The molecule has 16 heavy (non-hydrogen) atoms. The SMILES string of the molecule is CCOC(=O)C(O)c1ccc(O)c(Cl)c1F. The molecule has 0 aromatic heterocycles. The first-order valence-corrected chi connectivity index (χ1v) is 4.88. The van der Waals surface area contributed by atoms with Crippen LogP contribution in [0.2, 0.25) is 5.02 Å². The minimum absolute atomic E-state index is 0.0727. The lowest BCUT2D eigenvalue weighted by Crippen LogP contribution is -2.16. The van der Waals surface area contributed by atoms with Gasteiger partial charge in [0.25, 0.3) is 0 Å². The number of benzene rings is 1. The molecule has 0 spiro atoms. The highest BCUT2D eigenvalue weighted by Gasteiger charge is 2.24. The number of phenols is 1. The summed E-state index contributed by atoms with van der Waals surface area (Å²) in [5, 5.41) is 18.0. The van der Waals surface area contributed by atoms with Crippen LogP contribution in [0.25, 0.3) is 0 Å². The summed E-state index contributed by atoms with van der Waals surface area (Å²) in [6.45, 7) is 1.63. The minimum Gasteiger partial charge on any atom is -0.506 e. The molecule has 0 aliphatic carbocycles. The molecule has 0 saturated carbocycles. The summed E-state index contributed by atoms with van der Waals surface area (Å²) in [6.07, 6.45) is -1.75. The lowest BCUT2D eigenvalue weighted by molar-refractivity contribution is -0.153. The Kier molecular flexibility index (Phi) is 4.09. The van der Waals surface area contributed by atoms with E-state index in [1.54, 1.807) is 6.92 Å². The van der Waals surface area contributed by atoms with Gasteiger partial charge in [0.2, 0.25) is 0 Å². The first-order valence-electron chi connectivity index (χ1n) is 4.50. The van der Waals surface area contributed by atoms with Gasteiger partial charge in [-0.1, -0.05) is 11.6 Å². The van der Waals surface area contributed by atoms with Crippen molar-refractivity contribution in [2.75, 3.05) is 6.61 Å². The molecule has 4 nitrogen and oxygen atoms in total. The molecule has 0 saturated heterocycles. The molecular weight excluding hydrogens is 239 g/mol. The number of phenolic OH excluding ortho intramolecular Hbond substituents is 1. The third-order valence-electron chi connectivity index (χ3n) is 1.90. The summed E-state index contributed by atoms with van der Waals surface area (Å²) in [5.74, 6) is -2.47. The van der Waals surface area contributed by atoms with E-state index in [1.165, 1.54) is 0 Å². The Morgan fingerprint density at radius 1 is 1.62 bits per heavy atom. The maximum absolute atomic E-state index is 13.5. The molecule has 1 rings (SSSR count). The monoisotopic (exact) mass is 248 g/mol. The first kappa shape index (κ1) is 12.7. The smallest absolute Gasteiger partial charge is 0.339 e. The number of ether oxygens (including phenoxy) is 1. The van der Waals surface area contributed by atoms with Crippen LogP contribution in [-0.2, 0) is 9.53 Å². The van der Waals surface area contributed by atoms with Crippen LogP contribution in [0.4, 0.5) is 4.39 Å². The third kappa shape index (κ3) is 2.43. The Morgan fingerprint density at radius 2 is 2.25 bits per heavy atom. The Balaban J connectivity index is 3.05. The van der Waals surface area contributed by atoms with Crippen molar-refractivity contribution in [2.24, 2.45) is 0 Å². The maximum atomic E-state index is 13.5. The molecular formula is C10H10ClFO4. The van der Waals surface area contributed by atoms with Crippen LogP contribution in [-0.4, -0.2) is 22.8 Å². The zero-order chi connectivity index (χ0) is 12.3. The summed E-state index contributed by atoms with van der Waals surface area (Å²) in [4.78, 5) is 11.1. The highest BCUT2D eigenvalue weighted by Crippen LogP contribution is 2.31. The number of carbonyl (C=O) groups excluding carboxylic acids is 1. The van der Waals surface area contributed by atoms with Crippen LogP contribution in [0.3, 0.4) is 0 Å². The van der Waals surface area contributed by atoms with Gasteiger partial charge >= 0.3 is 5.97 Å². The number of aromatic hydroxyl groups is 1. The van der Waals surface area contributed by atoms with Gasteiger partial charge in [-0.25, -0.2) is 9.18 Å². The quantitative estimate of drug-likeness (QED) is 0.801. The zero-order valence-corrected chi connectivity index (χ0v) is 9.16. The predicted molar refractivity (Wildman–Crippen MR) is 54.7 cm³/mol. The largest absolute Gasteiger partial charge is 0.506 e. The van der Waals surface area contributed by atoms with Crippen molar-refractivity contribution in [3.63, 3.8) is 0 Å². The van der Waals surface area contributed by atoms with Gasteiger partial charge in [0.15, 0.2) is 11.9 Å². The molecule has 88 valence electrons. The van der Waals surface area contributed by atoms with Crippen molar-refractivity contribution in [1.82, 2.24) is 0 Å². The summed E-state index contributed by atoms with van der Waals surface area (Å²) in [5.41, 5.74) is -0.332. The molecule has 0 amide bonds. The fourth-order valence-corrected chi connectivity index (χ4v) is 1.29. The van der Waals surface area contributed by atoms with Crippen LogP contribution >= 0.6 is 11.6 Å². The number of hydrogen-bond donors (Lipinski definition) is 2. The number of aliphatic hydroxyl groups excluding tert-OH is 1. The molecule has 1 aromatic carbocycles. The molecule has 0 radical (unpaired) electrons. The van der Waals surface area contributed by atoms with Gasteiger partial charge in [0.05, 0.1) is 6.61 Å². The Bertz CT molecular complexity index is 408. The van der Waals surface area contributed by atoms with Crippen molar-refractivity contribution in [2.45, 2.75) is 13.0 Å². The van der Waals surface area contributed by atoms with Gasteiger partial charge in [-0.3, -0.25) is 0 Å². The Hall–Kier alpha value is -1.33. The molecule has 0 aliphatic heterocycles. The number of aliphatic hydroxyl groups is 1. The second kappa shape index (κ2) is 5.14. The van der Waals surface area contributed by atoms with Crippen molar-refractivity contribution < 1.29 is 24.1 Å². The van der Waals surface area contributed by atoms with E-state index < -0.39 is 28.7 Å². The number of halogens is 2. The van der Waals surface area contributed by atoms with Crippen molar-refractivity contribution in [3.8, 4) is 5.75 Å². The van der Waals surface area contributed by atoms with Crippen molar-refractivity contribution in [3.05, 3.63) is 28.5 Å². The number of hydrogen-bond acceptors (Lipinski definition) is 4. The number of carbonyl (C=O) groups is 1. The van der Waals surface area contributed by atoms with Crippen LogP contribution in [0.5, 0.6) is 5.75 Å². The lowest BCUT2D eigenvalue weighted by atomic mass is 10.1. The Morgan fingerprint density at radius 3 is 2.81 bits per heavy atom. The van der Waals surface area contributed by atoms with Gasteiger partial charge in [-0.05, 0) is 19.1 Å². The molecule has 1 aromatic rings. The average molecular weight is 249 g/mol. The van der Waals surface area contributed by atoms with Crippen LogP contribution in [0.15, 0.2) is 12.1 Å². The molecule has 0 fully saturated rings. The molecule has 1 unspecified atom stereocenters. The van der Waals surface area contributed by atoms with Gasteiger partial charge < -0.3 is 14.9 Å². The summed E-state index contributed by atoms with van der Waals surface area (Å²) in [7, 11) is 0. The standard InChI is InChI=1S/C10H10ClFO4/c1-2-16-10(15)9(14)5-3-4-6(13)7(11)8(5)12/h3-4,9,13-14H,2H2,1H3. The van der Waals surface area contributed by atoms with Crippen molar-refractivity contribution in [1.29, 1.82) is 0 Å². The third-order valence-corrected chi connectivity index (χ3v) is 2.26. The van der Waals surface area contributed by atoms with Gasteiger partial charge in [-0.15, -0.1) is 0 Å². The van der Waals surface area contributed by atoms with E-state index in [2.05, 4.69) is 4.74 Å². The second-order valence-corrected chi connectivity index (χ2v) is 3.33. The normalized spacial score (nSPS) is 12.2.